The van der Waals surface area contributed by atoms with E-state index < -0.39 is 0 Å². The van der Waals surface area contributed by atoms with Crippen LogP contribution in [-0.4, -0.2) is 29.1 Å². The third-order valence-electron chi connectivity index (χ3n) is 4.16. The Bertz CT molecular complexity index is 702. The number of pyridine rings is 1. The van der Waals surface area contributed by atoms with Gasteiger partial charge in [0.05, 0.1) is 11.7 Å². The van der Waals surface area contributed by atoms with Crippen LogP contribution >= 0.6 is 0 Å². The van der Waals surface area contributed by atoms with E-state index in [1.54, 1.807) is 24.4 Å². The summed E-state index contributed by atoms with van der Waals surface area (Å²) in [5, 5.41) is 0. The van der Waals surface area contributed by atoms with Crippen molar-refractivity contribution in [3.63, 3.8) is 0 Å². The van der Waals surface area contributed by atoms with Crippen molar-refractivity contribution in [2.75, 3.05) is 13.3 Å². The Morgan fingerprint density at radius 3 is 2.95 bits per heavy atom. The van der Waals surface area contributed by atoms with Gasteiger partial charge in [0.1, 0.15) is 0 Å². The van der Waals surface area contributed by atoms with Gasteiger partial charge in [0.15, 0.2) is 11.5 Å². The maximum Gasteiger partial charge on any atom is 0.254 e. The summed E-state index contributed by atoms with van der Waals surface area (Å²) >= 11 is 0. The van der Waals surface area contributed by atoms with Crippen LogP contribution in [0.5, 0.6) is 11.5 Å². The minimum Gasteiger partial charge on any atom is -0.454 e. The summed E-state index contributed by atoms with van der Waals surface area (Å²) in [6, 6.07) is 11.2. The van der Waals surface area contributed by atoms with Crippen molar-refractivity contribution in [3.8, 4) is 11.5 Å². The van der Waals surface area contributed by atoms with Crippen LogP contribution in [-0.2, 0) is 0 Å². The van der Waals surface area contributed by atoms with Gasteiger partial charge in [-0.15, -0.1) is 0 Å². The lowest BCUT2D eigenvalue weighted by Crippen LogP contribution is -2.30. The van der Waals surface area contributed by atoms with Gasteiger partial charge < -0.3 is 14.4 Å². The van der Waals surface area contributed by atoms with Gasteiger partial charge in [-0.25, -0.2) is 0 Å². The first-order valence-electron chi connectivity index (χ1n) is 7.44. The molecule has 3 heterocycles. The molecule has 0 N–H and O–H groups in total. The number of carbonyl (C=O) groups is 1. The summed E-state index contributed by atoms with van der Waals surface area (Å²) in [6.45, 7) is 0.974. The van der Waals surface area contributed by atoms with E-state index in [1.807, 2.05) is 23.1 Å². The van der Waals surface area contributed by atoms with Crippen LogP contribution in [0.4, 0.5) is 0 Å². The third-order valence-corrected chi connectivity index (χ3v) is 4.16. The topological polar surface area (TPSA) is 51.7 Å². The summed E-state index contributed by atoms with van der Waals surface area (Å²) in [5.41, 5.74) is 1.58. The molecule has 2 aromatic rings. The van der Waals surface area contributed by atoms with E-state index in [2.05, 4.69) is 4.98 Å². The van der Waals surface area contributed by atoms with Crippen molar-refractivity contribution in [3.05, 3.63) is 53.9 Å². The van der Waals surface area contributed by atoms with Gasteiger partial charge in [-0.3, -0.25) is 9.78 Å². The smallest absolute Gasteiger partial charge is 0.254 e. The fourth-order valence-electron chi connectivity index (χ4n) is 3.09. The molecule has 5 nitrogen and oxygen atoms in total. The Morgan fingerprint density at radius 1 is 1.18 bits per heavy atom. The number of aromatic nitrogens is 1. The van der Waals surface area contributed by atoms with E-state index in [1.165, 1.54) is 0 Å². The fourth-order valence-corrected chi connectivity index (χ4v) is 3.09. The molecular weight excluding hydrogens is 280 g/mol. The number of benzene rings is 1. The van der Waals surface area contributed by atoms with Crippen LogP contribution in [0.1, 0.15) is 34.9 Å². The molecule has 1 amide bonds. The molecule has 0 saturated carbocycles. The first-order chi connectivity index (χ1) is 10.8. The molecule has 4 rings (SSSR count). The van der Waals surface area contributed by atoms with Crippen molar-refractivity contribution >= 4 is 5.91 Å². The van der Waals surface area contributed by atoms with Crippen LogP contribution in [0, 0.1) is 0 Å². The van der Waals surface area contributed by atoms with Crippen LogP contribution in [0.2, 0.25) is 0 Å². The summed E-state index contributed by atoms with van der Waals surface area (Å²) in [6.07, 6.45) is 3.72. The summed E-state index contributed by atoms with van der Waals surface area (Å²) in [7, 11) is 0. The Hall–Kier alpha value is -2.56. The SMILES string of the molecule is O=C(c1ccc2c(c1)OCO2)N1CCCC1c1ccccn1. The van der Waals surface area contributed by atoms with Gasteiger partial charge in [0, 0.05) is 18.3 Å². The maximum absolute atomic E-state index is 12.8. The first kappa shape index (κ1) is 13.1. The second kappa shape index (κ2) is 5.33. The van der Waals surface area contributed by atoms with Gasteiger partial charge in [-0.2, -0.15) is 0 Å². The summed E-state index contributed by atoms with van der Waals surface area (Å²) in [5.74, 6) is 1.35. The molecule has 1 fully saturated rings. The van der Waals surface area contributed by atoms with E-state index in [0.29, 0.717) is 17.1 Å². The molecule has 112 valence electrons. The molecule has 2 aliphatic heterocycles. The lowest BCUT2D eigenvalue weighted by Gasteiger charge is -2.24. The van der Waals surface area contributed by atoms with Crippen molar-refractivity contribution in [2.24, 2.45) is 0 Å². The van der Waals surface area contributed by atoms with Crippen LogP contribution in [0.15, 0.2) is 42.6 Å². The second-order valence-corrected chi connectivity index (χ2v) is 5.48. The quantitative estimate of drug-likeness (QED) is 0.855. The number of rotatable bonds is 2. The van der Waals surface area contributed by atoms with Gasteiger partial charge >= 0.3 is 0 Å². The zero-order chi connectivity index (χ0) is 14.9. The predicted octanol–water partition coefficient (Wildman–Crippen LogP) is 2.79. The first-order valence-corrected chi connectivity index (χ1v) is 7.44. The highest BCUT2D eigenvalue weighted by molar-refractivity contribution is 5.95. The van der Waals surface area contributed by atoms with E-state index in [4.69, 9.17) is 9.47 Å². The average Bonchev–Trinajstić information content (AvgIpc) is 3.23. The number of hydrogen-bond acceptors (Lipinski definition) is 4. The number of ether oxygens (including phenoxy) is 2. The standard InChI is InChI=1S/C17H16N2O3/c20-17(12-6-7-15-16(10-12)22-11-21-15)19-9-3-5-14(19)13-4-1-2-8-18-13/h1-2,4,6-8,10,14H,3,5,9,11H2. The van der Waals surface area contributed by atoms with Crippen LogP contribution < -0.4 is 9.47 Å². The molecule has 0 aliphatic carbocycles. The molecule has 1 aromatic heterocycles. The second-order valence-electron chi connectivity index (χ2n) is 5.48. The number of amides is 1. The Kier molecular flexibility index (Phi) is 3.18. The monoisotopic (exact) mass is 296 g/mol. The maximum atomic E-state index is 12.8. The Morgan fingerprint density at radius 2 is 2.09 bits per heavy atom. The molecule has 1 unspecified atom stereocenters. The summed E-state index contributed by atoms with van der Waals surface area (Å²) in [4.78, 5) is 19.1. The Balaban J connectivity index is 1.62. The Labute approximate surface area is 128 Å². The third kappa shape index (κ3) is 2.19. The van der Waals surface area contributed by atoms with Crippen LogP contribution in [0.3, 0.4) is 0 Å². The molecule has 0 radical (unpaired) electrons. The lowest BCUT2D eigenvalue weighted by atomic mass is 10.1. The van der Waals surface area contributed by atoms with E-state index in [-0.39, 0.29) is 18.7 Å². The molecular formula is C17H16N2O3. The molecule has 1 saturated heterocycles. The minimum atomic E-state index is 0.0199. The number of carbonyl (C=O) groups excluding carboxylic acids is 1. The average molecular weight is 296 g/mol. The van der Waals surface area contributed by atoms with Crippen molar-refractivity contribution in [2.45, 2.75) is 18.9 Å². The van der Waals surface area contributed by atoms with Gasteiger partial charge in [-0.05, 0) is 43.2 Å². The molecule has 1 aromatic carbocycles. The van der Waals surface area contributed by atoms with Crippen molar-refractivity contribution in [1.29, 1.82) is 0 Å². The number of likely N-dealkylation sites (tertiary alicyclic amines) is 1. The molecule has 0 bridgehead atoms. The molecule has 5 heteroatoms. The highest BCUT2D eigenvalue weighted by atomic mass is 16.7. The molecule has 1 atom stereocenters. The van der Waals surface area contributed by atoms with Gasteiger partial charge in [0.25, 0.3) is 5.91 Å². The minimum absolute atomic E-state index is 0.0199. The van der Waals surface area contributed by atoms with E-state index in [9.17, 15) is 4.79 Å². The van der Waals surface area contributed by atoms with Gasteiger partial charge in [-0.1, -0.05) is 6.07 Å². The van der Waals surface area contributed by atoms with Gasteiger partial charge in [0.2, 0.25) is 6.79 Å². The highest BCUT2D eigenvalue weighted by Gasteiger charge is 2.32. The van der Waals surface area contributed by atoms with Crippen LogP contribution in [0.25, 0.3) is 0 Å². The number of nitrogens with zero attached hydrogens (tertiary/aromatic N) is 2. The van der Waals surface area contributed by atoms with E-state index in [0.717, 1.165) is 25.1 Å². The van der Waals surface area contributed by atoms with Crippen molar-refractivity contribution < 1.29 is 14.3 Å². The molecule has 0 spiro atoms. The number of fused-ring (bicyclic) bond motifs is 1. The molecule has 2 aliphatic rings. The molecule has 22 heavy (non-hydrogen) atoms. The van der Waals surface area contributed by atoms with Crippen molar-refractivity contribution in [1.82, 2.24) is 9.88 Å². The fraction of sp³-hybridized carbons (Fsp3) is 0.294. The zero-order valence-corrected chi connectivity index (χ0v) is 12.1. The normalized spacial score (nSPS) is 19.5. The lowest BCUT2D eigenvalue weighted by molar-refractivity contribution is 0.0732. The number of hydrogen-bond donors (Lipinski definition) is 0. The highest BCUT2D eigenvalue weighted by Crippen LogP contribution is 2.35. The largest absolute Gasteiger partial charge is 0.454 e. The summed E-state index contributed by atoms with van der Waals surface area (Å²) < 4.78 is 10.7. The predicted molar refractivity (Wildman–Crippen MR) is 79.8 cm³/mol. The zero-order valence-electron chi connectivity index (χ0n) is 12.1. The van der Waals surface area contributed by atoms with E-state index >= 15 is 0 Å².